The molecular weight excluding hydrogens is 273 g/mol. The standard InChI is InChI=1S/C11H11BrFN3/c1-7-14-8(2)16(15-7)6-9-3-4-10(12)5-11(9)13/h3-5H,6H2,1-2H3. The average molecular weight is 284 g/mol. The number of benzene rings is 1. The zero-order chi connectivity index (χ0) is 11.7. The lowest BCUT2D eigenvalue weighted by molar-refractivity contribution is 0.577. The third kappa shape index (κ3) is 2.29. The van der Waals surface area contributed by atoms with Crippen LogP contribution in [0.4, 0.5) is 4.39 Å². The summed E-state index contributed by atoms with van der Waals surface area (Å²) >= 11 is 3.23. The largest absolute Gasteiger partial charge is 0.246 e. The van der Waals surface area contributed by atoms with Crippen molar-refractivity contribution in [2.24, 2.45) is 0 Å². The summed E-state index contributed by atoms with van der Waals surface area (Å²) in [7, 11) is 0. The van der Waals surface area contributed by atoms with Gasteiger partial charge in [0.2, 0.25) is 0 Å². The maximum absolute atomic E-state index is 13.6. The molecule has 84 valence electrons. The van der Waals surface area contributed by atoms with Crippen molar-refractivity contribution < 1.29 is 4.39 Å². The van der Waals surface area contributed by atoms with Crippen molar-refractivity contribution in [3.63, 3.8) is 0 Å². The Morgan fingerprint density at radius 1 is 1.38 bits per heavy atom. The van der Waals surface area contributed by atoms with Gasteiger partial charge in [-0.3, -0.25) is 0 Å². The highest BCUT2D eigenvalue weighted by molar-refractivity contribution is 9.10. The maximum atomic E-state index is 13.6. The molecule has 0 spiro atoms. The van der Waals surface area contributed by atoms with Crippen molar-refractivity contribution in [2.45, 2.75) is 20.4 Å². The molecule has 1 aromatic carbocycles. The molecule has 0 saturated carbocycles. The van der Waals surface area contributed by atoms with Crippen molar-refractivity contribution >= 4 is 15.9 Å². The molecule has 0 bridgehead atoms. The van der Waals surface area contributed by atoms with Gasteiger partial charge in [-0.2, -0.15) is 5.10 Å². The Hall–Kier alpha value is -1.23. The van der Waals surface area contributed by atoms with E-state index in [0.717, 1.165) is 10.3 Å². The zero-order valence-corrected chi connectivity index (χ0v) is 10.6. The summed E-state index contributed by atoms with van der Waals surface area (Å²) in [6.07, 6.45) is 0. The molecule has 0 aliphatic rings. The van der Waals surface area contributed by atoms with E-state index in [1.807, 2.05) is 19.9 Å². The molecule has 0 aliphatic heterocycles. The normalized spacial score (nSPS) is 10.8. The van der Waals surface area contributed by atoms with E-state index in [4.69, 9.17) is 0 Å². The molecule has 0 amide bonds. The van der Waals surface area contributed by atoms with Gasteiger partial charge >= 0.3 is 0 Å². The van der Waals surface area contributed by atoms with Crippen LogP contribution in [0.2, 0.25) is 0 Å². The van der Waals surface area contributed by atoms with Crippen molar-refractivity contribution in [1.29, 1.82) is 0 Å². The first-order chi connectivity index (χ1) is 7.56. The van der Waals surface area contributed by atoms with E-state index >= 15 is 0 Å². The van der Waals surface area contributed by atoms with Gasteiger partial charge in [-0.05, 0) is 26.0 Å². The van der Waals surface area contributed by atoms with E-state index in [2.05, 4.69) is 26.0 Å². The zero-order valence-electron chi connectivity index (χ0n) is 9.04. The summed E-state index contributed by atoms with van der Waals surface area (Å²) in [4.78, 5) is 4.17. The highest BCUT2D eigenvalue weighted by Gasteiger charge is 2.07. The fraction of sp³-hybridized carbons (Fsp3) is 0.273. The maximum Gasteiger partial charge on any atom is 0.147 e. The SMILES string of the molecule is Cc1nc(C)n(Cc2ccc(Br)cc2F)n1. The molecule has 5 heteroatoms. The van der Waals surface area contributed by atoms with Crippen molar-refractivity contribution in [2.75, 3.05) is 0 Å². The van der Waals surface area contributed by atoms with E-state index in [-0.39, 0.29) is 5.82 Å². The summed E-state index contributed by atoms with van der Waals surface area (Å²) in [6, 6.07) is 5.02. The Balaban J connectivity index is 2.30. The van der Waals surface area contributed by atoms with Crippen LogP contribution in [0.15, 0.2) is 22.7 Å². The van der Waals surface area contributed by atoms with E-state index in [9.17, 15) is 4.39 Å². The second-order valence-corrected chi connectivity index (χ2v) is 4.52. The first kappa shape index (κ1) is 11.3. The fourth-order valence-electron chi connectivity index (χ4n) is 1.52. The lowest BCUT2D eigenvalue weighted by Gasteiger charge is -2.05. The smallest absolute Gasteiger partial charge is 0.147 e. The van der Waals surface area contributed by atoms with Crippen molar-refractivity contribution in [3.8, 4) is 0 Å². The van der Waals surface area contributed by atoms with Crippen LogP contribution in [0.5, 0.6) is 0 Å². The van der Waals surface area contributed by atoms with E-state index in [0.29, 0.717) is 17.9 Å². The number of nitrogens with zero attached hydrogens (tertiary/aromatic N) is 3. The molecule has 0 unspecified atom stereocenters. The lowest BCUT2D eigenvalue weighted by Crippen LogP contribution is -2.05. The summed E-state index contributed by atoms with van der Waals surface area (Å²) in [5, 5.41) is 4.20. The van der Waals surface area contributed by atoms with E-state index in [1.54, 1.807) is 10.7 Å². The number of hydrogen-bond donors (Lipinski definition) is 0. The van der Waals surface area contributed by atoms with Gasteiger partial charge in [0.05, 0.1) is 6.54 Å². The van der Waals surface area contributed by atoms with Crippen LogP contribution in [0.25, 0.3) is 0 Å². The predicted molar refractivity (Wildman–Crippen MR) is 62.7 cm³/mol. The average Bonchev–Trinajstić information content (AvgIpc) is 2.50. The highest BCUT2D eigenvalue weighted by Crippen LogP contribution is 2.16. The Morgan fingerprint density at radius 2 is 2.12 bits per heavy atom. The molecular formula is C11H11BrFN3. The molecule has 0 radical (unpaired) electrons. The molecule has 0 atom stereocenters. The predicted octanol–water partition coefficient (Wildman–Crippen LogP) is 2.84. The minimum Gasteiger partial charge on any atom is -0.246 e. The number of halogens is 2. The molecule has 1 aromatic heterocycles. The van der Waals surface area contributed by atoms with Gasteiger partial charge in [0.15, 0.2) is 0 Å². The molecule has 1 heterocycles. The molecule has 3 nitrogen and oxygen atoms in total. The molecule has 2 rings (SSSR count). The minimum atomic E-state index is -0.234. The Kier molecular flexibility index (Phi) is 3.05. The quantitative estimate of drug-likeness (QED) is 0.849. The topological polar surface area (TPSA) is 30.7 Å². The van der Waals surface area contributed by atoms with Gasteiger partial charge in [0.1, 0.15) is 17.5 Å². The van der Waals surface area contributed by atoms with Gasteiger partial charge < -0.3 is 0 Å². The van der Waals surface area contributed by atoms with Crippen LogP contribution in [-0.4, -0.2) is 14.8 Å². The van der Waals surface area contributed by atoms with Gasteiger partial charge in [-0.15, -0.1) is 0 Å². The molecule has 0 fully saturated rings. The van der Waals surface area contributed by atoms with Crippen LogP contribution >= 0.6 is 15.9 Å². The molecule has 0 aliphatic carbocycles. The summed E-state index contributed by atoms with van der Waals surface area (Å²) in [6.45, 7) is 4.09. The number of aryl methyl sites for hydroxylation is 2. The Labute approximate surface area is 101 Å². The van der Waals surface area contributed by atoms with Gasteiger partial charge in [-0.25, -0.2) is 14.1 Å². The monoisotopic (exact) mass is 283 g/mol. The van der Waals surface area contributed by atoms with Gasteiger partial charge in [0.25, 0.3) is 0 Å². The van der Waals surface area contributed by atoms with Crippen LogP contribution in [0.1, 0.15) is 17.2 Å². The molecule has 0 saturated heterocycles. The van der Waals surface area contributed by atoms with Gasteiger partial charge in [0, 0.05) is 10.0 Å². The summed E-state index contributed by atoms with van der Waals surface area (Å²) in [5.41, 5.74) is 0.608. The fourth-order valence-corrected chi connectivity index (χ4v) is 1.86. The lowest BCUT2D eigenvalue weighted by atomic mass is 10.2. The second kappa shape index (κ2) is 4.33. The number of aromatic nitrogens is 3. The Bertz CT molecular complexity index is 522. The first-order valence-corrected chi connectivity index (χ1v) is 5.67. The summed E-state index contributed by atoms with van der Waals surface area (Å²) in [5.74, 6) is 1.26. The first-order valence-electron chi connectivity index (χ1n) is 4.88. The molecule has 2 aromatic rings. The van der Waals surface area contributed by atoms with Gasteiger partial charge in [-0.1, -0.05) is 22.0 Å². The van der Waals surface area contributed by atoms with Crippen LogP contribution in [0, 0.1) is 19.7 Å². The molecule has 16 heavy (non-hydrogen) atoms. The third-order valence-corrected chi connectivity index (χ3v) is 2.79. The second-order valence-electron chi connectivity index (χ2n) is 3.60. The van der Waals surface area contributed by atoms with Crippen LogP contribution in [-0.2, 0) is 6.54 Å². The van der Waals surface area contributed by atoms with Crippen molar-refractivity contribution in [3.05, 3.63) is 45.7 Å². The van der Waals surface area contributed by atoms with Crippen molar-refractivity contribution in [1.82, 2.24) is 14.8 Å². The van der Waals surface area contributed by atoms with E-state index < -0.39 is 0 Å². The number of hydrogen-bond acceptors (Lipinski definition) is 2. The third-order valence-electron chi connectivity index (χ3n) is 2.30. The van der Waals surface area contributed by atoms with Crippen LogP contribution in [0.3, 0.4) is 0 Å². The van der Waals surface area contributed by atoms with E-state index in [1.165, 1.54) is 6.07 Å². The summed E-state index contributed by atoms with van der Waals surface area (Å²) < 4.78 is 16.0. The molecule has 0 N–H and O–H groups in total. The highest BCUT2D eigenvalue weighted by atomic mass is 79.9. The Morgan fingerprint density at radius 3 is 2.69 bits per heavy atom. The minimum absolute atomic E-state index is 0.234. The number of rotatable bonds is 2. The van der Waals surface area contributed by atoms with Crippen LogP contribution < -0.4 is 0 Å².